The third kappa shape index (κ3) is 5.04. The minimum absolute atomic E-state index is 0.0686. The Labute approximate surface area is 159 Å². The highest BCUT2D eigenvalue weighted by molar-refractivity contribution is 7.13. The van der Waals surface area contributed by atoms with E-state index >= 15 is 0 Å². The van der Waals surface area contributed by atoms with Gasteiger partial charge in [0.25, 0.3) is 5.89 Å². The van der Waals surface area contributed by atoms with Gasteiger partial charge in [-0.25, -0.2) is 0 Å². The summed E-state index contributed by atoms with van der Waals surface area (Å²) in [4.78, 5) is 12.8. The highest BCUT2D eigenvalue weighted by atomic mass is 35.5. The largest absolute Gasteiger partial charge is 0.420 e. The first-order chi connectivity index (χ1) is 12.1. The first kappa shape index (κ1) is 17.9. The van der Waals surface area contributed by atoms with Gasteiger partial charge in [-0.2, -0.15) is 0 Å². The quantitative estimate of drug-likeness (QED) is 0.643. The number of benzene rings is 1. The second kappa shape index (κ2) is 8.47. The Hall–Kier alpha value is -1.89. The summed E-state index contributed by atoms with van der Waals surface area (Å²) < 4.78 is 5.56. The summed E-state index contributed by atoms with van der Waals surface area (Å²) in [5.74, 6) is 0.878. The van der Waals surface area contributed by atoms with E-state index in [4.69, 9.17) is 27.6 Å². The van der Waals surface area contributed by atoms with Gasteiger partial charge >= 0.3 is 0 Å². The molecule has 0 aliphatic carbocycles. The minimum atomic E-state index is -0.0686. The Bertz CT molecular complexity index is 849. The molecule has 0 saturated carbocycles. The lowest BCUT2D eigenvalue weighted by molar-refractivity contribution is -0.121. The maximum Gasteiger partial charge on any atom is 0.257 e. The van der Waals surface area contributed by atoms with Gasteiger partial charge in [0, 0.05) is 29.4 Å². The maximum absolute atomic E-state index is 11.9. The SMILES string of the molecule is O=C(CCc1nnc(-c2cccs2)o1)NCCc1ccc(Cl)cc1Cl. The lowest BCUT2D eigenvalue weighted by atomic mass is 10.1. The van der Waals surface area contributed by atoms with E-state index in [1.165, 1.54) is 11.3 Å². The van der Waals surface area contributed by atoms with E-state index in [9.17, 15) is 4.79 Å². The van der Waals surface area contributed by atoms with Crippen LogP contribution in [0.2, 0.25) is 10.0 Å². The van der Waals surface area contributed by atoms with Crippen molar-refractivity contribution >= 4 is 40.4 Å². The van der Waals surface area contributed by atoms with Gasteiger partial charge in [-0.15, -0.1) is 21.5 Å². The Morgan fingerprint density at radius 1 is 1.20 bits per heavy atom. The first-order valence-corrected chi connectivity index (χ1v) is 9.32. The van der Waals surface area contributed by atoms with E-state index in [0.29, 0.717) is 47.6 Å². The van der Waals surface area contributed by atoms with Crippen LogP contribution in [0.3, 0.4) is 0 Å². The van der Waals surface area contributed by atoms with Crippen molar-refractivity contribution in [3.63, 3.8) is 0 Å². The molecular formula is C17H15Cl2N3O2S. The van der Waals surface area contributed by atoms with E-state index in [1.807, 2.05) is 23.6 Å². The van der Waals surface area contributed by atoms with Crippen molar-refractivity contribution in [2.45, 2.75) is 19.3 Å². The first-order valence-electron chi connectivity index (χ1n) is 7.68. The van der Waals surface area contributed by atoms with Crippen LogP contribution in [0.15, 0.2) is 40.1 Å². The molecule has 0 spiro atoms. The molecule has 1 N–H and O–H groups in total. The highest BCUT2D eigenvalue weighted by Crippen LogP contribution is 2.23. The Morgan fingerprint density at radius 3 is 2.84 bits per heavy atom. The summed E-state index contributed by atoms with van der Waals surface area (Å²) in [7, 11) is 0. The van der Waals surface area contributed by atoms with Gasteiger partial charge in [-0.05, 0) is 35.6 Å². The number of hydrogen-bond acceptors (Lipinski definition) is 5. The number of amides is 1. The molecule has 2 aromatic heterocycles. The number of aryl methyl sites for hydroxylation is 1. The predicted octanol–water partition coefficient (Wildman–Crippen LogP) is 4.40. The van der Waals surface area contributed by atoms with Gasteiger partial charge in [0.05, 0.1) is 4.88 Å². The number of hydrogen-bond donors (Lipinski definition) is 1. The number of rotatable bonds is 7. The van der Waals surface area contributed by atoms with Crippen molar-refractivity contribution < 1.29 is 9.21 Å². The van der Waals surface area contributed by atoms with Crippen LogP contribution < -0.4 is 5.32 Å². The molecule has 130 valence electrons. The van der Waals surface area contributed by atoms with Crippen LogP contribution in [0.4, 0.5) is 0 Å². The van der Waals surface area contributed by atoms with Crippen molar-refractivity contribution in [2.75, 3.05) is 6.54 Å². The monoisotopic (exact) mass is 395 g/mol. The molecule has 0 aliphatic rings. The minimum Gasteiger partial charge on any atom is -0.420 e. The zero-order chi connectivity index (χ0) is 17.6. The molecule has 8 heteroatoms. The van der Waals surface area contributed by atoms with Gasteiger partial charge in [0.1, 0.15) is 0 Å². The summed E-state index contributed by atoms with van der Waals surface area (Å²) in [6, 6.07) is 9.18. The molecule has 1 amide bonds. The van der Waals surface area contributed by atoms with E-state index in [0.717, 1.165) is 10.4 Å². The summed E-state index contributed by atoms with van der Waals surface area (Å²) >= 11 is 13.5. The molecule has 0 aliphatic heterocycles. The molecular weight excluding hydrogens is 381 g/mol. The fraction of sp³-hybridized carbons (Fsp3) is 0.235. The molecule has 5 nitrogen and oxygen atoms in total. The fourth-order valence-electron chi connectivity index (χ4n) is 2.22. The Morgan fingerprint density at radius 2 is 2.08 bits per heavy atom. The van der Waals surface area contributed by atoms with E-state index in [2.05, 4.69) is 15.5 Å². The van der Waals surface area contributed by atoms with Crippen LogP contribution in [0.1, 0.15) is 17.9 Å². The maximum atomic E-state index is 11.9. The average Bonchev–Trinajstić information content (AvgIpc) is 3.26. The molecule has 3 rings (SSSR count). The molecule has 0 radical (unpaired) electrons. The zero-order valence-corrected chi connectivity index (χ0v) is 15.5. The number of carbonyl (C=O) groups excluding carboxylic acids is 1. The van der Waals surface area contributed by atoms with Crippen molar-refractivity contribution in [1.29, 1.82) is 0 Å². The van der Waals surface area contributed by atoms with E-state index in [1.54, 1.807) is 12.1 Å². The van der Waals surface area contributed by atoms with Crippen LogP contribution in [-0.2, 0) is 17.6 Å². The normalized spacial score (nSPS) is 10.8. The predicted molar refractivity (Wildman–Crippen MR) is 99.1 cm³/mol. The standard InChI is InChI=1S/C17H15Cl2N3O2S/c18-12-4-3-11(13(19)10-12)7-8-20-15(23)5-6-16-21-22-17(24-16)14-2-1-9-25-14/h1-4,9-10H,5-8H2,(H,20,23). The van der Waals surface area contributed by atoms with Crippen LogP contribution in [0.25, 0.3) is 10.8 Å². The van der Waals surface area contributed by atoms with Crippen molar-refractivity contribution in [2.24, 2.45) is 0 Å². The Kier molecular flexibility index (Phi) is 6.07. The number of thiophene rings is 1. The molecule has 0 fully saturated rings. The lowest BCUT2D eigenvalue weighted by Crippen LogP contribution is -2.26. The second-order valence-corrected chi connectivity index (χ2v) is 7.11. The summed E-state index contributed by atoms with van der Waals surface area (Å²) in [5.41, 5.74) is 0.948. The van der Waals surface area contributed by atoms with E-state index in [-0.39, 0.29) is 5.91 Å². The molecule has 0 unspecified atom stereocenters. The van der Waals surface area contributed by atoms with Gasteiger partial charge in [0.15, 0.2) is 0 Å². The molecule has 0 saturated heterocycles. The number of halogens is 2. The third-order valence-electron chi connectivity index (χ3n) is 3.50. The van der Waals surface area contributed by atoms with Crippen molar-refractivity contribution in [3.8, 4) is 10.8 Å². The highest BCUT2D eigenvalue weighted by Gasteiger charge is 2.11. The molecule has 25 heavy (non-hydrogen) atoms. The Balaban J connectivity index is 1.42. The van der Waals surface area contributed by atoms with E-state index < -0.39 is 0 Å². The summed E-state index contributed by atoms with van der Waals surface area (Å²) in [6.07, 6.45) is 1.34. The van der Waals surface area contributed by atoms with Gasteiger partial charge in [-0.3, -0.25) is 4.79 Å². The second-order valence-electron chi connectivity index (χ2n) is 5.31. The molecule has 3 aromatic rings. The van der Waals surface area contributed by atoms with Crippen LogP contribution in [-0.4, -0.2) is 22.6 Å². The average molecular weight is 396 g/mol. The van der Waals surface area contributed by atoms with Gasteiger partial charge in [-0.1, -0.05) is 35.3 Å². The number of nitrogens with one attached hydrogen (secondary N) is 1. The topological polar surface area (TPSA) is 68.0 Å². The molecule has 2 heterocycles. The molecule has 0 bridgehead atoms. The number of nitrogens with zero attached hydrogens (tertiary/aromatic N) is 2. The molecule has 1 aromatic carbocycles. The van der Waals surface area contributed by atoms with Crippen LogP contribution in [0, 0.1) is 0 Å². The third-order valence-corrected chi connectivity index (χ3v) is 4.94. The van der Waals surface area contributed by atoms with Crippen molar-refractivity contribution in [1.82, 2.24) is 15.5 Å². The smallest absolute Gasteiger partial charge is 0.257 e. The summed E-state index contributed by atoms with van der Waals surface area (Å²) in [5, 5.41) is 14.0. The van der Waals surface area contributed by atoms with Crippen LogP contribution >= 0.6 is 34.5 Å². The number of aromatic nitrogens is 2. The van der Waals surface area contributed by atoms with Gasteiger partial charge < -0.3 is 9.73 Å². The zero-order valence-electron chi connectivity index (χ0n) is 13.2. The fourth-order valence-corrected chi connectivity index (χ4v) is 3.37. The van der Waals surface area contributed by atoms with Crippen LogP contribution in [0.5, 0.6) is 0 Å². The number of carbonyl (C=O) groups is 1. The lowest BCUT2D eigenvalue weighted by Gasteiger charge is -2.06. The van der Waals surface area contributed by atoms with Gasteiger partial charge in [0.2, 0.25) is 11.8 Å². The molecule has 0 atom stereocenters. The summed E-state index contributed by atoms with van der Waals surface area (Å²) in [6.45, 7) is 0.504. The van der Waals surface area contributed by atoms with Crippen molar-refractivity contribution in [3.05, 3.63) is 57.2 Å².